The van der Waals surface area contributed by atoms with Gasteiger partial charge in [0.25, 0.3) is 0 Å². The van der Waals surface area contributed by atoms with Crippen LogP contribution in [0, 0.1) is 0 Å². The Morgan fingerprint density at radius 2 is 1.84 bits per heavy atom. The van der Waals surface area contributed by atoms with Gasteiger partial charge in [0.1, 0.15) is 0 Å². The van der Waals surface area contributed by atoms with E-state index in [9.17, 15) is 4.79 Å². The molecule has 0 radical (unpaired) electrons. The zero-order valence-electron chi connectivity index (χ0n) is 15.1. The topological polar surface area (TPSA) is 50.8 Å². The average Bonchev–Trinajstić information content (AvgIpc) is 2.61. The van der Waals surface area contributed by atoms with Crippen LogP contribution < -0.4 is 19.7 Å². The molecular weight excluding hydrogens is 316 g/mol. The number of hydrogen-bond acceptors (Lipinski definition) is 4. The van der Waals surface area contributed by atoms with E-state index >= 15 is 0 Å². The Labute approximate surface area is 148 Å². The van der Waals surface area contributed by atoms with E-state index in [1.807, 2.05) is 68.4 Å². The normalized spacial score (nSPS) is 10.6. The number of carbonyl (C=O) groups excluding carboxylic acids is 1. The van der Waals surface area contributed by atoms with Crippen LogP contribution in [0.4, 0.5) is 11.4 Å². The van der Waals surface area contributed by atoms with Gasteiger partial charge in [-0.05, 0) is 55.0 Å². The zero-order chi connectivity index (χ0) is 18.2. The van der Waals surface area contributed by atoms with Gasteiger partial charge >= 0.3 is 0 Å². The number of benzene rings is 2. The molecule has 25 heavy (non-hydrogen) atoms. The number of anilines is 2. The Balaban J connectivity index is 2.02. The van der Waals surface area contributed by atoms with E-state index in [1.165, 1.54) is 6.08 Å². The fourth-order valence-corrected chi connectivity index (χ4v) is 2.26. The minimum atomic E-state index is -0.189. The van der Waals surface area contributed by atoms with Crippen molar-refractivity contribution >= 4 is 23.4 Å². The molecule has 2 aromatic rings. The molecule has 0 saturated heterocycles. The second-order valence-electron chi connectivity index (χ2n) is 5.61. The fourth-order valence-electron chi connectivity index (χ4n) is 2.26. The van der Waals surface area contributed by atoms with Crippen LogP contribution in [0.15, 0.2) is 48.5 Å². The van der Waals surface area contributed by atoms with Crippen molar-refractivity contribution in [3.63, 3.8) is 0 Å². The second kappa shape index (κ2) is 8.78. The van der Waals surface area contributed by atoms with Gasteiger partial charge in [0.2, 0.25) is 5.91 Å². The number of amides is 1. The molecule has 0 saturated carbocycles. The van der Waals surface area contributed by atoms with Gasteiger partial charge in [0.15, 0.2) is 11.5 Å². The molecule has 132 valence electrons. The van der Waals surface area contributed by atoms with Crippen molar-refractivity contribution in [2.24, 2.45) is 0 Å². The highest BCUT2D eigenvalue weighted by Gasteiger charge is 2.04. The second-order valence-corrected chi connectivity index (χ2v) is 5.61. The van der Waals surface area contributed by atoms with Crippen LogP contribution in [0.2, 0.25) is 0 Å². The van der Waals surface area contributed by atoms with Crippen molar-refractivity contribution in [3.8, 4) is 11.5 Å². The molecular formula is C20H24N2O3. The van der Waals surface area contributed by atoms with Gasteiger partial charge in [0, 0.05) is 31.5 Å². The van der Waals surface area contributed by atoms with E-state index in [2.05, 4.69) is 5.32 Å². The van der Waals surface area contributed by atoms with Crippen molar-refractivity contribution in [3.05, 3.63) is 54.1 Å². The molecule has 2 rings (SSSR count). The zero-order valence-corrected chi connectivity index (χ0v) is 15.1. The number of carbonyl (C=O) groups is 1. The molecule has 0 spiro atoms. The SMILES string of the molecule is CCOc1ccc(C=CC(=O)Nc2ccc(N(C)C)cc2)cc1OC. The number of nitrogens with zero attached hydrogens (tertiary/aromatic N) is 1. The van der Waals surface area contributed by atoms with Crippen LogP contribution in [0.25, 0.3) is 6.08 Å². The van der Waals surface area contributed by atoms with E-state index in [0.29, 0.717) is 18.1 Å². The molecule has 5 heteroatoms. The maximum absolute atomic E-state index is 12.1. The Morgan fingerprint density at radius 1 is 1.12 bits per heavy atom. The Kier molecular flexibility index (Phi) is 6.46. The summed E-state index contributed by atoms with van der Waals surface area (Å²) < 4.78 is 10.8. The quantitative estimate of drug-likeness (QED) is 0.779. The maximum Gasteiger partial charge on any atom is 0.248 e. The molecule has 0 bridgehead atoms. The molecule has 0 aliphatic heterocycles. The number of methoxy groups -OCH3 is 1. The average molecular weight is 340 g/mol. The van der Waals surface area contributed by atoms with Gasteiger partial charge in [-0.15, -0.1) is 0 Å². The summed E-state index contributed by atoms with van der Waals surface area (Å²) in [5.74, 6) is 1.14. The summed E-state index contributed by atoms with van der Waals surface area (Å²) in [5.41, 5.74) is 2.69. The van der Waals surface area contributed by atoms with E-state index in [4.69, 9.17) is 9.47 Å². The Bertz CT molecular complexity index is 737. The lowest BCUT2D eigenvalue weighted by Crippen LogP contribution is -2.10. The molecule has 0 heterocycles. The summed E-state index contributed by atoms with van der Waals surface area (Å²) in [7, 11) is 5.54. The van der Waals surface area contributed by atoms with Crippen LogP contribution >= 0.6 is 0 Å². The van der Waals surface area contributed by atoms with Crippen LogP contribution in [0.3, 0.4) is 0 Å². The third-order valence-corrected chi connectivity index (χ3v) is 3.57. The van der Waals surface area contributed by atoms with Crippen molar-refractivity contribution in [2.75, 3.05) is 38.0 Å². The number of rotatable bonds is 7. The lowest BCUT2D eigenvalue weighted by atomic mass is 10.2. The van der Waals surface area contributed by atoms with Crippen molar-refractivity contribution < 1.29 is 14.3 Å². The third kappa shape index (κ3) is 5.28. The van der Waals surface area contributed by atoms with Crippen molar-refractivity contribution in [2.45, 2.75) is 6.92 Å². The molecule has 0 unspecified atom stereocenters. The molecule has 0 aliphatic carbocycles. The first-order valence-electron chi connectivity index (χ1n) is 8.10. The first kappa shape index (κ1) is 18.4. The van der Waals surface area contributed by atoms with Crippen LogP contribution in [-0.2, 0) is 4.79 Å². The van der Waals surface area contributed by atoms with Crippen LogP contribution in [-0.4, -0.2) is 33.7 Å². The molecule has 2 aromatic carbocycles. The lowest BCUT2D eigenvalue weighted by molar-refractivity contribution is -0.111. The highest BCUT2D eigenvalue weighted by molar-refractivity contribution is 6.02. The maximum atomic E-state index is 12.1. The molecule has 1 N–H and O–H groups in total. The molecule has 0 atom stereocenters. The van der Waals surface area contributed by atoms with Crippen molar-refractivity contribution in [1.82, 2.24) is 0 Å². The summed E-state index contributed by atoms with van der Waals surface area (Å²) in [5, 5.41) is 2.84. The molecule has 0 aromatic heterocycles. The van der Waals surface area contributed by atoms with E-state index < -0.39 is 0 Å². The predicted molar refractivity (Wildman–Crippen MR) is 103 cm³/mol. The first-order valence-corrected chi connectivity index (χ1v) is 8.10. The summed E-state index contributed by atoms with van der Waals surface area (Å²) >= 11 is 0. The van der Waals surface area contributed by atoms with E-state index in [0.717, 1.165) is 16.9 Å². The lowest BCUT2D eigenvalue weighted by Gasteiger charge is -2.12. The third-order valence-electron chi connectivity index (χ3n) is 3.57. The Hall–Kier alpha value is -2.95. The van der Waals surface area contributed by atoms with E-state index in [-0.39, 0.29) is 5.91 Å². The number of hydrogen-bond donors (Lipinski definition) is 1. The number of ether oxygens (including phenoxy) is 2. The van der Waals surface area contributed by atoms with Gasteiger partial charge in [0.05, 0.1) is 13.7 Å². The monoisotopic (exact) mass is 340 g/mol. The molecule has 5 nitrogen and oxygen atoms in total. The first-order chi connectivity index (χ1) is 12.0. The predicted octanol–water partition coefficient (Wildman–Crippen LogP) is 3.81. The smallest absolute Gasteiger partial charge is 0.248 e. The van der Waals surface area contributed by atoms with E-state index in [1.54, 1.807) is 13.2 Å². The molecule has 1 amide bonds. The molecule has 0 fully saturated rings. The van der Waals surface area contributed by atoms with Gasteiger partial charge in [-0.2, -0.15) is 0 Å². The summed E-state index contributed by atoms with van der Waals surface area (Å²) in [6, 6.07) is 13.2. The minimum absolute atomic E-state index is 0.189. The van der Waals surface area contributed by atoms with Crippen LogP contribution in [0.5, 0.6) is 11.5 Å². The molecule has 0 aliphatic rings. The largest absolute Gasteiger partial charge is 0.493 e. The summed E-state index contributed by atoms with van der Waals surface area (Å²) in [6.45, 7) is 2.49. The fraction of sp³-hybridized carbons (Fsp3) is 0.250. The summed E-state index contributed by atoms with van der Waals surface area (Å²) in [4.78, 5) is 14.1. The minimum Gasteiger partial charge on any atom is -0.493 e. The summed E-state index contributed by atoms with van der Waals surface area (Å²) in [6.07, 6.45) is 3.23. The standard InChI is InChI=1S/C20H24N2O3/c1-5-25-18-12-6-15(14-19(18)24-4)7-13-20(23)21-16-8-10-17(11-9-16)22(2)3/h6-14H,5H2,1-4H3,(H,21,23). The van der Waals surface area contributed by atoms with Gasteiger partial charge in [-0.3, -0.25) is 4.79 Å². The Morgan fingerprint density at radius 3 is 2.44 bits per heavy atom. The highest BCUT2D eigenvalue weighted by Crippen LogP contribution is 2.28. The van der Waals surface area contributed by atoms with Crippen molar-refractivity contribution in [1.29, 1.82) is 0 Å². The van der Waals surface area contributed by atoms with Gasteiger partial charge < -0.3 is 19.7 Å². The van der Waals surface area contributed by atoms with Crippen LogP contribution in [0.1, 0.15) is 12.5 Å². The number of nitrogens with one attached hydrogen (secondary N) is 1. The van der Waals surface area contributed by atoms with Gasteiger partial charge in [-0.1, -0.05) is 6.07 Å². The van der Waals surface area contributed by atoms with Gasteiger partial charge in [-0.25, -0.2) is 0 Å². The highest BCUT2D eigenvalue weighted by atomic mass is 16.5.